The third-order valence-corrected chi connectivity index (χ3v) is 2.48. The maximum Gasteiger partial charge on any atom is 0.0663 e. The zero-order valence-electron chi connectivity index (χ0n) is 11.6. The number of ether oxygens (including phenoxy) is 2. The third-order valence-electron chi connectivity index (χ3n) is 2.48. The Labute approximate surface area is 105 Å². The quantitative estimate of drug-likeness (QED) is 0.702. The van der Waals surface area contributed by atoms with Crippen LogP contribution >= 0.6 is 0 Å². The topological polar surface area (TPSA) is 21.7 Å². The Kier molecular flexibility index (Phi) is 5.97. The molecule has 1 rings (SSSR count). The Hall–Kier alpha value is -0.560. The molecule has 0 aromatic rings. The van der Waals surface area contributed by atoms with E-state index in [-0.39, 0.29) is 11.7 Å². The maximum absolute atomic E-state index is 5.79. The summed E-state index contributed by atoms with van der Waals surface area (Å²) in [5.74, 6) is 6.41. The number of morpholine rings is 1. The first-order chi connectivity index (χ1) is 7.97. The molecule has 1 heterocycles. The standard InChI is InChI=1S/C14H25NO2/c1-13(17-14(2,3)4)7-5-6-8-15-9-11-16-12-10-15/h13H,7-12H2,1-4H3/t13-/m0/s1. The van der Waals surface area contributed by atoms with Crippen LogP contribution in [0.1, 0.15) is 34.1 Å². The van der Waals surface area contributed by atoms with Gasteiger partial charge in [-0.1, -0.05) is 11.8 Å². The summed E-state index contributed by atoms with van der Waals surface area (Å²) < 4.78 is 11.1. The molecule has 3 nitrogen and oxygen atoms in total. The van der Waals surface area contributed by atoms with Crippen LogP contribution in [0.4, 0.5) is 0 Å². The highest BCUT2D eigenvalue weighted by Gasteiger charge is 2.14. The molecule has 1 fully saturated rings. The van der Waals surface area contributed by atoms with Crippen LogP contribution in [0.25, 0.3) is 0 Å². The van der Waals surface area contributed by atoms with E-state index in [0.717, 1.165) is 39.3 Å². The van der Waals surface area contributed by atoms with E-state index in [1.807, 2.05) is 0 Å². The van der Waals surface area contributed by atoms with Gasteiger partial charge in [0.25, 0.3) is 0 Å². The van der Waals surface area contributed by atoms with Gasteiger partial charge in [0, 0.05) is 19.5 Å². The zero-order valence-corrected chi connectivity index (χ0v) is 11.6. The molecule has 0 amide bonds. The summed E-state index contributed by atoms with van der Waals surface area (Å²) in [7, 11) is 0. The van der Waals surface area contributed by atoms with E-state index in [4.69, 9.17) is 9.47 Å². The zero-order chi connectivity index (χ0) is 12.7. The Bertz CT molecular complexity index is 266. The van der Waals surface area contributed by atoms with Crippen molar-refractivity contribution >= 4 is 0 Å². The van der Waals surface area contributed by atoms with E-state index in [0.29, 0.717) is 0 Å². The second-order valence-electron chi connectivity index (χ2n) is 5.49. The van der Waals surface area contributed by atoms with Crippen LogP contribution in [-0.4, -0.2) is 49.5 Å². The molecule has 0 spiro atoms. The summed E-state index contributed by atoms with van der Waals surface area (Å²) in [5, 5.41) is 0. The molecule has 0 aliphatic carbocycles. The normalized spacial score (nSPS) is 19.5. The lowest BCUT2D eigenvalue weighted by Crippen LogP contribution is -2.36. The Balaban J connectivity index is 2.16. The first-order valence-corrected chi connectivity index (χ1v) is 6.41. The third kappa shape index (κ3) is 7.38. The fourth-order valence-electron chi connectivity index (χ4n) is 1.79. The largest absolute Gasteiger partial charge is 0.379 e. The van der Waals surface area contributed by atoms with Crippen LogP contribution in [0, 0.1) is 11.8 Å². The first kappa shape index (κ1) is 14.5. The van der Waals surface area contributed by atoms with Gasteiger partial charge >= 0.3 is 0 Å². The van der Waals surface area contributed by atoms with E-state index in [1.54, 1.807) is 0 Å². The molecule has 1 atom stereocenters. The lowest BCUT2D eigenvalue weighted by Gasteiger charge is -2.24. The highest BCUT2D eigenvalue weighted by Crippen LogP contribution is 2.11. The van der Waals surface area contributed by atoms with Crippen LogP contribution in [0.2, 0.25) is 0 Å². The van der Waals surface area contributed by atoms with Crippen LogP contribution in [0.5, 0.6) is 0 Å². The summed E-state index contributed by atoms with van der Waals surface area (Å²) in [5.41, 5.74) is -0.0781. The van der Waals surface area contributed by atoms with Crippen molar-refractivity contribution in [2.45, 2.75) is 45.8 Å². The average molecular weight is 239 g/mol. The SMILES string of the molecule is C[C@@H](CC#CCN1CCOCC1)OC(C)(C)C. The van der Waals surface area contributed by atoms with Crippen molar-refractivity contribution in [1.82, 2.24) is 4.90 Å². The van der Waals surface area contributed by atoms with Crippen molar-refractivity contribution in [3.63, 3.8) is 0 Å². The molecule has 3 heteroatoms. The second-order valence-corrected chi connectivity index (χ2v) is 5.49. The minimum atomic E-state index is -0.0781. The highest BCUT2D eigenvalue weighted by atomic mass is 16.5. The summed E-state index contributed by atoms with van der Waals surface area (Å²) in [4.78, 5) is 2.33. The van der Waals surface area contributed by atoms with Crippen molar-refractivity contribution in [3.05, 3.63) is 0 Å². The minimum Gasteiger partial charge on any atom is -0.379 e. The minimum absolute atomic E-state index is 0.0781. The molecule has 1 saturated heterocycles. The van der Waals surface area contributed by atoms with E-state index >= 15 is 0 Å². The van der Waals surface area contributed by atoms with Crippen molar-refractivity contribution in [3.8, 4) is 11.8 Å². The Morgan fingerprint density at radius 2 is 1.88 bits per heavy atom. The molecule has 1 aliphatic heterocycles. The van der Waals surface area contributed by atoms with Crippen molar-refractivity contribution < 1.29 is 9.47 Å². The molecule has 0 saturated carbocycles. The Morgan fingerprint density at radius 3 is 2.47 bits per heavy atom. The summed E-state index contributed by atoms with van der Waals surface area (Å²) >= 11 is 0. The van der Waals surface area contributed by atoms with E-state index in [9.17, 15) is 0 Å². The molecule has 0 radical (unpaired) electrons. The maximum atomic E-state index is 5.79. The smallest absolute Gasteiger partial charge is 0.0663 e. The second kappa shape index (κ2) is 7.00. The molecule has 98 valence electrons. The van der Waals surface area contributed by atoms with Crippen molar-refractivity contribution in [2.75, 3.05) is 32.8 Å². The summed E-state index contributed by atoms with van der Waals surface area (Å²) in [6.45, 7) is 12.8. The van der Waals surface area contributed by atoms with Crippen LogP contribution < -0.4 is 0 Å². The van der Waals surface area contributed by atoms with Gasteiger partial charge in [0.05, 0.1) is 31.5 Å². The molecular formula is C14H25NO2. The number of nitrogens with zero attached hydrogens (tertiary/aromatic N) is 1. The Morgan fingerprint density at radius 1 is 1.24 bits per heavy atom. The number of hydrogen-bond acceptors (Lipinski definition) is 3. The number of rotatable bonds is 3. The van der Waals surface area contributed by atoms with Gasteiger partial charge in [-0.25, -0.2) is 0 Å². The molecular weight excluding hydrogens is 214 g/mol. The molecule has 0 bridgehead atoms. The predicted molar refractivity (Wildman–Crippen MR) is 70.0 cm³/mol. The number of hydrogen-bond donors (Lipinski definition) is 0. The molecule has 17 heavy (non-hydrogen) atoms. The highest BCUT2D eigenvalue weighted by molar-refractivity contribution is 5.02. The van der Waals surface area contributed by atoms with Crippen LogP contribution in [0.3, 0.4) is 0 Å². The lowest BCUT2D eigenvalue weighted by atomic mass is 10.1. The van der Waals surface area contributed by atoms with Gasteiger partial charge in [0.15, 0.2) is 0 Å². The average Bonchev–Trinajstić information content (AvgIpc) is 2.23. The monoisotopic (exact) mass is 239 g/mol. The molecule has 0 unspecified atom stereocenters. The van der Waals surface area contributed by atoms with Crippen molar-refractivity contribution in [1.29, 1.82) is 0 Å². The van der Waals surface area contributed by atoms with E-state index in [2.05, 4.69) is 44.4 Å². The molecule has 0 N–H and O–H groups in total. The van der Waals surface area contributed by atoms with E-state index < -0.39 is 0 Å². The van der Waals surface area contributed by atoms with Gasteiger partial charge in [0.1, 0.15) is 0 Å². The molecule has 0 aromatic carbocycles. The predicted octanol–water partition coefficient (Wildman–Crippen LogP) is 1.92. The van der Waals surface area contributed by atoms with Gasteiger partial charge in [-0.2, -0.15) is 0 Å². The van der Waals surface area contributed by atoms with E-state index in [1.165, 1.54) is 0 Å². The fourth-order valence-corrected chi connectivity index (χ4v) is 1.79. The van der Waals surface area contributed by atoms with Gasteiger partial charge in [0.2, 0.25) is 0 Å². The van der Waals surface area contributed by atoms with Gasteiger partial charge < -0.3 is 9.47 Å². The van der Waals surface area contributed by atoms with Gasteiger partial charge in [-0.3, -0.25) is 4.90 Å². The summed E-state index contributed by atoms with van der Waals surface area (Å²) in [6, 6.07) is 0. The lowest BCUT2D eigenvalue weighted by molar-refractivity contribution is -0.0485. The van der Waals surface area contributed by atoms with Crippen LogP contribution in [-0.2, 0) is 9.47 Å². The summed E-state index contributed by atoms with van der Waals surface area (Å²) in [6.07, 6.45) is 1.01. The molecule has 1 aliphatic rings. The molecule has 0 aromatic heterocycles. The van der Waals surface area contributed by atoms with Gasteiger partial charge in [-0.15, -0.1) is 0 Å². The van der Waals surface area contributed by atoms with Gasteiger partial charge in [-0.05, 0) is 27.7 Å². The fraction of sp³-hybridized carbons (Fsp3) is 0.857. The first-order valence-electron chi connectivity index (χ1n) is 6.41. The van der Waals surface area contributed by atoms with Crippen molar-refractivity contribution in [2.24, 2.45) is 0 Å². The van der Waals surface area contributed by atoms with Crippen LogP contribution in [0.15, 0.2) is 0 Å².